The molecule has 0 spiro atoms. The van der Waals surface area contributed by atoms with Crippen LogP contribution >= 0.6 is 0 Å². The van der Waals surface area contributed by atoms with E-state index in [0.717, 1.165) is 39.2 Å². The van der Waals surface area contributed by atoms with Crippen molar-refractivity contribution in [3.8, 4) is 11.5 Å². The molecule has 110 valence electrons. The quantitative estimate of drug-likeness (QED) is 0.693. The lowest BCUT2D eigenvalue weighted by molar-refractivity contribution is 0.357. The van der Waals surface area contributed by atoms with E-state index in [0.29, 0.717) is 6.61 Å². The highest BCUT2D eigenvalue weighted by Crippen LogP contribution is 2.39. The number of hydrogen-bond donors (Lipinski definition) is 0. The molecule has 1 aromatic heterocycles. The van der Waals surface area contributed by atoms with Gasteiger partial charge in [0, 0.05) is 17.0 Å². The van der Waals surface area contributed by atoms with Crippen LogP contribution in [-0.4, -0.2) is 13.7 Å². The van der Waals surface area contributed by atoms with Crippen molar-refractivity contribution in [2.24, 2.45) is 0 Å². The lowest BCUT2D eigenvalue weighted by Gasteiger charge is -2.19. The van der Waals surface area contributed by atoms with Crippen LogP contribution < -0.4 is 9.47 Å². The zero-order valence-corrected chi connectivity index (χ0v) is 12.6. The molecule has 4 rings (SSSR count). The molecule has 3 aromatic rings. The SMILES string of the molecule is COc1cccc(C2=CCOc3cc4occ(C)c4cc32)c1. The third kappa shape index (κ3) is 1.98. The Hall–Kier alpha value is -2.68. The number of hydrogen-bond acceptors (Lipinski definition) is 3. The molecule has 0 atom stereocenters. The van der Waals surface area contributed by atoms with Gasteiger partial charge in [-0.3, -0.25) is 0 Å². The monoisotopic (exact) mass is 292 g/mol. The van der Waals surface area contributed by atoms with Crippen LogP contribution in [-0.2, 0) is 0 Å². The molecule has 2 heterocycles. The van der Waals surface area contributed by atoms with Gasteiger partial charge in [0.05, 0.1) is 13.4 Å². The third-order valence-electron chi connectivity index (χ3n) is 4.07. The largest absolute Gasteiger partial charge is 0.497 e. The van der Waals surface area contributed by atoms with Crippen molar-refractivity contribution in [3.63, 3.8) is 0 Å². The lowest BCUT2D eigenvalue weighted by atomic mass is 9.94. The van der Waals surface area contributed by atoms with Crippen molar-refractivity contribution >= 4 is 16.5 Å². The molecule has 3 nitrogen and oxygen atoms in total. The molecule has 2 aromatic carbocycles. The summed E-state index contributed by atoms with van der Waals surface area (Å²) in [4.78, 5) is 0. The summed E-state index contributed by atoms with van der Waals surface area (Å²) < 4.78 is 16.7. The fourth-order valence-corrected chi connectivity index (χ4v) is 2.90. The van der Waals surface area contributed by atoms with Crippen LogP contribution in [0.4, 0.5) is 0 Å². The van der Waals surface area contributed by atoms with Gasteiger partial charge in [-0.2, -0.15) is 0 Å². The van der Waals surface area contributed by atoms with E-state index in [1.165, 1.54) is 5.57 Å². The van der Waals surface area contributed by atoms with Gasteiger partial charge in [-0.05, 0) is 47.9 Å². The van der Waals surface area contributed by atoms with Crippen molar-refractivity contribution in [1.82, 2.24) is 0 Å². The van der Waals surface area contributed by atoms with Gasteiger partial charge < -0.3 is 13.9 Å². The van der Waals surface area contributed by atoms with Gasteiger partial charge in [0.15, 0.2) is 0 Å². The first-order valence-electron chi connectivity index (χ1n) is 7.26. The average molecular weight is 292 g/mol. The van der Waals surface area contributed by atoms with E-state index < -0.39 is 0 Å². The number of benzene rings is 2. The Kier molecular flexibility index (Phi) is 2.93. The summed E-state index contributed by atoms with van der Waals surface area (Å²) in [7, 11) is 1.68. The average Bonchev–Trinajstić information content (AvgIpc) is 2.93. The summed E-state index contributed by atoms with van der Waals surface area (Å²) in [5.41, 5.74) is 5.39. The summed E-state index contributed by atoms with van der Waals surface area (Å²) >= 11 is 0. The van der Waals surface area contributed by atoms with E-state index >= 15 is 0 Å². The van der Waals surface area contributed by atoms with Crippen LogP contribution in [0.3, 0.4) is 0 Å². The molecule has 1 aliphatic heterocycles. The van der Waals surface area contributed by atoms with Gasteiger partial charge in [-0.25, -0.2) is 0 Å². The summed E-state index contributed by atoms with van der Waals surface area (Å²) in [5, 5.41) is 1.12. The second-order valence-electron chi connectivity index (χ2n) is 5.42. The first kappa shape index (κ1) is 13.0. The Balaban J connectivity index is 1.90. The van der Waals surface area contributed by atoms with E-state index in [1.54, 1.807) is 13.4 Å². The molecular formula is C19H16O3. The Bertz CT molecular complexity index is 887. The summed E-state index contributed by atoms with van der Waals surface area (Å²) in [6, 6.07) is 12.2. The van der Waals surface area contributed by atoms with Crippen molar-refractivity contribution in [3.05, 3.63) is 65.4 Å². The topological polar surface area (TPSA) is 31.6 Å². The van der Waals surface area contributed by atoms with Crippen LogP contribution in [0.15, 0.2) is 53.2 Å². The summed E-state index contributed by atoms with van der Waals surface area (Å²) in [6.45, 7) is 2.61. The molecule has 1 aliphatic rings. The Morgan fingerprint density at radius 1 is 1.14 bits per heavy atom. The van der Waals surface area contributed by atoms with Gasteiger partial charge in [0.25, 0.3) is 0 Å². The molecule has 0 saturated carbocycles. The number of furan rings is 1. The lowest BCUT2D eigenvalue weighted by Crippen LogP contribution is -2.05. The number of aryl methyl sites for hydroxylation is 1. The van der Waals surface area contributed by atoms with Crippen LogP contribution in [0.5, 0.6) is 11.5 Å². The molecule has 0 amide bonds. The number of methoxy groups -OCH3 is 1. The Labute approximate surface area is 128 Å². The standard InChI is InChI=1S/C19H16O3/c1-12-11-22-18-10-19-17(9-16(12)18)15(6-7-21-19)13-4-3-5-14(8-13)20-2/h3-6,8-11H,7H2,1-2H3. The molecule has 0 aliphatic carbocycles. The van der Waals surface area contributed by atoms with Crippen LogP contribution in [0.1, 0.15) is 16.7 Å². The van der Waals surface area contributed by atoms with Gasteiger partial charge in [0.1, 0.15) is 23.7 Å². The molecule has 22 heavy (non-hydrogen) atoms. The Morgan fingerprint density at radius 3 is 2.91 bits per heavy atom. The normalized spacial score (nSPS) is 13.5. The third-order valence-corrected chi connectivity index (χ3v) is 4.07. The van der Waals surface area contributed by atoms with Crippen molar-refractivity contribution in [1.29, 1.82) is 0 Å². The van der Waals surface area contributed by atoms with Gasteiger partial charge in [-0.1, -0.05) is 12.1 Å². The second-order valence-corrected chi connectivity index (χ2v) is 5.42. The Morgan fingerprint density at radius 2 is 2.05 bits per heavy atom. The summed E-state index contributed by atoms with van der Waals surface area (Å²) in [6.07, 6.45) is 3.89. The van der Waals surface area contributed by atoms with E-state index in [-0.39, 0.29) is 0 Å². The predicted molar refractivity (Wildman–Crippen MR) is 86.5 cm³/mol. The number of rotatable bonds is 2. The molecule has 0 N–H and O–H groups in total. The van der Waals surface area contributed by atoms with Gasteiger partial charge in [0.2, 0.25) is 0 Å². The zero-order chi connectivity index (χ0) is 15.1. The highest BCUT2D eigenvalue weighted by molar-refractivity contribution is 5.92. The van der Waals surface area contributed by atoms with E-state index in [4.69, 9.17) is 13.9 Å². The highest BCUT2D eigenvalue weighted by Gasteiger charge is 2.18. The minimum Gasteiger partial charge on any atom is -0.497 e. The number of ether oxygens (including phenoxy) is 2. The molecule has 0 radical (unpaired) electrons. The van der Waals surface area contributed by atoms with Crippen molar-refractivity contribution in [2.45, 2.75) is 6.92 Å². The van der Waals surface area contributed by atoms with E-state index in [2.05, 4.69) is 25.1 Å². The van der Waals surface area contributed by atoms with Crippen molar-refractivity contribution < 1.29 is 13.9 Å². The van der Waals surface area contributed by atoms with E-state index in [9.17, 15) is 0 Å². The minimum atomic E-state index is 0.560. The molecule has 0 bridgehead atoms. The molecule has 0 fully saturated rings. The van der Waals surface area contributed by atoms with Crippen LogP contribution in [0.2, 0.25) is 0 Å². The maximum absolute atomic E-state index is 5.78. The predicted octanol–water partition coefficient (Wildman–Crippen LogP) is 4.57. The van der Waals surface area contributed by atoms with Gasteiger partial charge in [-0.15, -0.1) is 0 Å². The fourth-order valence-electron chi connectivity index (χ4n) is 2.90. The molecule has 0 unspecified atom stereocenters. The van der Waals surface area contributed by atoms with Crippen LogP contribution in [0.25, 0.3) is 16.5 Å². The smallest absolute Gasteiger partial charge is 0.137 e. The first-order valence-corrected chi connectivity index (χ1v) is 7.26. The second kappa shape index (κ2) is 4.95. The van der Waals surface area contributed by atoms with E-state index in [1.807, 2.05) is 24.3 Å². The maximum Gasteiger partial charge on any atom is 0.137 e. The zero-order valence-electron chi connectivity index (χ0n) is 12.6. The highest BCUT2D eigenvalue weighted by atomic mass is 16.5. The van der Waals surface area contributed by atoms with Crippen LogP contribution in [0, 0.1) is 6.92 Å². The fraction of sp³-hybridized carbons (Fsp3) is 0.158. The molecule has 3 heteroatoms. The summed E-state index contributed by atoms with van der Waals surface area (Å²) in [5.74, 6) is 1.72. The number of fused-ring (bicyclic) bond motifs is 2. The molecular weight excluding hydrogens is 276 g/mol. The first-order chi connectivity index (χ1) is 10.8. The maximum atomic E-state index is 5.78. The molecule has 0 saturated heterocycles. The van der Waals surface area contributed by atoms with Gasteiger partial charge >= 0.3 is 0 Å². The van der Waals surface area contributed by atoms with Crippen molar-refractivity contribution in [2.75, 3.05) is 13.7 Å². The minimum absolute atomic E-state index is 0.560.